The van der Waals surface area contributed by atoms with Crippen molar-refractivity contribution in [3.63, 3.8) is 0 Å². The molecule has 2 saturated heterocycles. The van der Waals surface area contributed by atoms with E-state index < -0.39 is 29.1 Å². The summed E-state index contributed by atoms with van der Waals surface area (Å²) in [7, 11) is 0. The van der Waals surface area contributed by atoms with E-state index in [1.165, 1.54) is 0 Å². The predicted octanol–water partition coefficient (Wildman–Crippen LogP) is 5.08. The zero-order valence-corrected chi connectivity index (χ0v) is 27.4. The quantitative estimate of drug-likeness (QED) is 0.285. The molecular weight excluding hydrogens is 606 g/mol. The summed E-state index contributed by atoms with van der Waals surface area (Å²) in [5, 5.41) is 9.70. The maximum atomic E-state index is 14.8. The van der Waals surface area contributed by atoms with Crippen LogP contribution in [0, 0.1) is 18.8 Å². The van der Waals surface area contributed by atoms with Crippen LogP contribution in [0.4, 0.5) is 11.4 Å². The molecule has 2 aromatic rings. The Balaban J connectivity index is 1.41. The predicted molar refractivity (Wildman–Crippen MR) is 177 cm³/mol. The first-order valence-electron chi connectivity index (χ1n) is 16.2. The van der Waals surface area contributed by atoms with Gasteiger partial charge in [-0.15, -0.1) is 0 Å². The van der Waals surface area contributed by atoms with E-state index in [4.69, 9.17) is 21.1 Å². The lowest BCUT2D eigenvalue weighted by molar-refractivity contribution is -0.144. The number of para-hydroxylation sites is 1. The van der Waals surface area contributed by atoms with Crippen LogP contribution in [0.1, 0.15) is 45.1 Å². The molecule has 0 saturated carbocycles. The van der Waals surface area contributed by atoms with Gasteiger partial charge in [0.15, 0.2) is 0 Å². The Hall–Kier alpha value is -3.66. The summed E-state index contributed by atoms with van der Waals surface area (Å²) in [5.74, 6) is -1.83. The second-order valence-corrected chi connectivity index (χ2v) is 13.1. The van der Waals surface area contributed by atoms with Crippen LogP contribution in [-0.4, -0.2) is 77.8 Å². The van der Waals surface area contributed by atoms with Gasteiger partial charge in [0, 0.05) is 31.9 Å². The minimum atomic E-state index is -1.36. The summed E-state index contributed by atoms with van der Waals surface area (Å²) in [6.45, 7) is 7.23. The van der Waals surface area contributed by atoms with Gasteiger partial charge in [-0.25, -0.2) is 0 Å². The summed E-state index contributed by atoms with van der Waals surface area (Å²) < 4.78 is 12.6. The van der Waals surface area contributed by atoms with E-state index in [0.717, 1.165) is 18.4 Å². The molecule has 5 atom stereocenters. The number of nitrogens with zero attached hydrogens (tertiary/aromatic N) is 3. The number of fused-ring (bicyclic) bond motifs is 2. The van der Waals surface area contributed by atoms with Gasteiger partial charge in [0.25, 0.3) is 5.91 Å². The molecule has 10 heteroatoms. The molecular formula is C36H42ClN3O6. The van der Waals surface area contributed by atoms with Gasteiger partial charge in [-0.1, -0.05) is 60.9 Å². The Labute approximate surface area is 275 Å². The van der Waals surface area contributed by atoms with Crippen molar-refractivity contribution >= 4 is 40.7 Å². The molecule has 46 heavy (non-hydrogen) atoms. The molecule has 1 unspecified atom stereocenters. The van der Waals surface area contributed by atoms with E-state index >= 15 is 0 Å². The minimum absolute atomic E-state index is 0.112. The van der Waals surface area contributed by atoms with Gasteiger partial charge < -0.3 is 29.3 Å². The topological polar surface area (TPSA) is 99.6 Å². The Kier molecular flexibility index (Phi) is 9.02. The molecule has 1 spiro atoms. The molecule has 0 aliphatic carbocycles. The first-order chi connectivity index (χ1) is 22.2. The Morgan fingerprint density at radius 1 is 0.913 bits per heavy atom. The SMILES string of the molecule is CCOc1ccc(N2CC=C[C@@]3(C)O[C@]45C=CCN(c6c(C)cccc6Cl)C(=O)C4N(CCCCCCO)C(=O)[C@@H]5[C@H]3C2=O)cc1. The molecule has 6 rings (SSSR count). The summed E-state index contributed by atoms with van der Waals surface area (Å²) in [5.41, 5.74) is -0.340. The van der Waals surface area contributed by atoms with Gasteiger partial charge in [-0.2, -0.15) is 0 Å². The third-order valence-corrected chi connectivity index (χ3v) is 10.1. The van der Waals surface area contributed by atoms with E-state index in [1.807, 2.05) is 81.5 Å². The van der Waals surface area contributed by atoms with Crippen molar-refractivity contribution in [2.75, 3.05) is 42.6 Å². The monoisotopic (exact) mass is 647 g/mol. The van der Waals surface area contributed by atoms with E-state index in [0.29, 0.717) is 54.7 Å². The maximum Gasteiger partial charge on any atom is 0.253 e. The fourth-order valence-corrected chi connectivity index (χ4v) is 8.12. The molecule has 2 fully saturated rings. The first kappa shape index (κ1) is 32.3. The molecule has 1 N–H and O–H groups in total. The third kappa shape index (κ3) is 5.32. The largest absolute Gasteiger partial charge is 0.494 e. The second kappa shape index (κ2) is 12.9. The molecule has 4 heterocycles. The Morgan fingerprint density at radius 2 is 1.63 bits per heavy atom. The molecule has 244 valence electrons. The molecule has 0 aromatic heterocycles. The zero-order chi connectivity index (χ0) is 32.6. The Bertz CT molecular complexity index is 1540. The number of anilines is 2. The number of ether oxygens (including phenoxy) is 2. The van der Waals surface area contributed by atoms with Crippen LogP contribution in [-0.2, 0) is 19.1 Å². The number of aliphatic hydroxyl groups is 1. The molecule has 2 aromatic carbocycles. The molecule has 0 bridgehead atoms. The second-order valence-electron chi connectivity index (χ2n) is 12.7. The number of carbonyl (C=O) groups excluding carboxylic acids is 3. The van der Waals surface area contributed by atoms with Gasteiger partial charge in [0.2, 0.25) is 11.8 Å². The van der Waals surface area contributed by atoms with Crippen LogP contribution in [0.2, 0.25) is 5.02 Å². The highest BCUT2D eigenvalue weighted by molar-refractivity contribution is 6.34. The first-order valence-corrected chi connectivity index (χ1v) is 16.6. The van der Waals surface area contributed by atoms with E-state index in [-0.39, 0.29) is 30.9 Å². The van der Waals surface area contributed by atoms with E-state index in [2.05, 4.69) is 0 Å². The van der Waals surface area contributed by atoms with Gasteiger partial charge in [-0.05, 0) is 69.5 Å². The van der Waals surface area contributed by atoms with Crippen molar-refractivity contribution in [2.45, 2.75) is 63.7 Å². The maximum absolute atomic E-state index is 14.8. The van der Waals surface area contributed by atoms with E-state index in [1.54, 1.807) is 20.8 Å². The van der Waals surface area contributed by atoms with Crippen molar-refractivity contribution in [1.29, 1.82) is 0 Å². The third-order valence-electron chi connectivity index (χ3n) is 9.78. The number of carbonyl (C=O) groups is 3. The fraction of sp³-hybridized carbons (Fsp3) is 0.472. The highest BCUT2D eigenvalue weighted by Gasteiger charge is 2.74. The standard InChI is InChI=1S/C36H42ClN3O6/c1-4-45-26-16-14-25(15-17-26)38-21-10-18-35(3)28(32(38)42)29-33(43)40(20-7-5-6-8-23-41)31-34(44)39(22-11-19-36(29,31)46-35)30-24(2)12-9-13-27(30)37/h9-19,28-29,31,41H,4-8,20-23H2,1-3H3/t28-,29-,31?,35+,36-/m0/s1. The summed E-state index contributed by atoms with van der Waals surface area (Å²) >= 11 is 6.67. The van der Waals surface area contributed by atoms with Crippen molar-refractivity contribution in [3.8, 4) is 5.75 Å². The number of hydrogen-bond acceptors (Lipinski definition) is 6. The number of hydrogen-bond donors (Lipinski definition) is 1. The van der Waals surface area contributed by atoms with Gasteiger partial charge in [0.05, 0.1) is 34.8 Å². The zero-order valence-electron chi connectivity index (χ0n) is 26.7. The van der Waals surface area contributed by atoms with Crippen LogP contribution in [0.25, 0.3) is 0 Å². The average Bonchev–Trinajstić information content (AvgIpc) is 3.29. The average molecular weight is 648 g/mol. The van der Waals surface area contributed by atoms with Crippen LogP contribution in [0.5, 0.6) is 5.75 Å². The van der Waals surface area contributed by atoms with Gasteiger partial charge in [-0.3, -0.25) is 14.4 Å². The van der Waals surface area contributed by atoms with Crippen LogP contribution >= 0.6 is 11.6 Å². The van der Waals surface area contributed by atoms with Gasteiger partial charge in [0.1, 0.15) is 17.4 Å². The summed E-state index contributed by atoms with van der Waals surface area (Å²) in [6.07, 6.45) is 10.5. The smallest absolute Gasteiger partial charge is 0.253 e. The van der Waals surface area contributed by atoms with Crippen LogP contribution in [0.15, 0.2) is 66.8 Å². The highest BCUT2D eigenvalue weighted by Crippen LogP contribution is 2.58. The number of aryl methyl sites for hydroxylation is 1. The lowest BCUT2D eigenvalue weighted by atomic mass is 9.74. The summed E-state index contributed by atoms with van der Waals surface area (Å²) in [6, 6.07) is 11.9. The lowest BCUT2D eigenvalue weighted by Crippen LogP contribution is -2.56. The van der Waals surface area contributed by atoms with Crippen molar-refractivity contribution in [1.82, 2.24) is 4.90 Å². The number of likely N-dealkylation sites (tertiary alicyclic amines) is 1. The molecule has 9 nitrogen and oxygen atoms in total. The van der Waals surface area contributed by atoms with Crippen LogP contribution in [0.3, 0.4) is 0 Å². The highest BCUT2D eigenvalue weighted by atomic mass is 35.5. The van der Waals surface area contributed by atoms with Gasteiger partial charge >= 0.3 is 0 Å². The molecule has 4 aliphatic rings. The van der Waals surface area contributed by atoms with Crippen molar-refractivity contribution in [3.05, 3.63) is 77.4 Å². The molecule has 0 radical (unpaired) electrons. The summed E-state index contributed by atoms with van der Waals surface area (Å²) in [4.78, 5) is 49.1. The van der Waals surface area contributed by atoms with Crippen LogP contribution < -0.4 is 14.5 Å². The molecule has 4 aliphatic heterocycles. The Morgan fingerprint density at radius 3 is 2.35 bits per heavy atom. The lowest BCUT2D eigenvalue weighted by Gasteiger charge is -2.37. The number of rotatable bonds is 10. The minimum Gasteiger partial charge on any atom is -0.494 e. The van der Waals surface area contributed by atoms with E-state index in [9.17, 15) is 19.5 Å². The number of halogens is 1. The normalized spacial score (nSPS) is 28.7. The number of unbranched alkanes of at least 4 members (excludes halogenated alkanes) is 3. The van der Waals surface area contributed by atoms with Crippen molar-refractivity contribution in [2.24, 2.45) is 11.8 Å². The number of amides is 3. The number of benzene rings is 2. The fourth-order valence-electron chi connectivity index (χ4n) is 7.80. The van der Waals surface area contributed by atoms with Crippen molar-refractivity contribution < 1.29 is 29.0 Å². The number of aliphatic hydroxyl groups excluding tert-OH is 1. The molecule has 3 amide bonds.